The summed E-state index contributed by atoms with van der Waals surface area (Å²) < 4.78 is 13.8. The molecular formula is C14H8BrFN2O. The zero-order valence-corrected chi connectivity index (χ0v) is 11.2. The van der Waals surface area contributed by atoms with Gasteiger partial charge in [-0.05, 0) is 46.3 Å². The number of aromatic nitrogens is 2. The smallest absolute Gasteiger partial charge is 0.195 e. The predicted octanol–water partition coefficient (Wildman–Crippen LogP) is 3.70. The van der Waals surface area contributed by atoms with Gasteiger partial charge in [0.15, 0.2) is 5.78 Å². The topological polar surface area (TPSA) is 45.8 Å². The number of benzene rings is 1. The fourth-order valence-electron chi connectivity index (χ4n) is 1.94. The lowest BCUT2D eigenvalue weighted by Crippen LogP contribution is -2.01. The summed E-state index contributed by atoms with van der Waals surface area (Å²) in [7, 11) is 0. The van der Waals surface area contributed by atoms with Crippen molar-refractivity contribution in [3.63, 3.8) is 0 Å². The van der Waals surface area contributed by atoms with Crippen LogP contribution in [0.5, 0.6) is 0 Å². The van der Waals surface area contributed by atoms with Gasteiger partial charge in [0.05, 0.1) is 4.47 Å². The lowest BCUT2D eigenvalue weighted by atomic mass is 10.0. The number of fused-ring (bicyclic) bond motifs is 1. The third-order valence-corrected chi connectivity index (χ3v) is 3.52. The number of halogens is 2. The molecule has 0 aliphatic rings. The van der Waals surface area contributed by atoms with Gasteiger partial charge in [0.1, 0.15) is 11.5 Å². The van der Waals surface area contributed by atoms with E-state index in [2.05, 4.69) is 25.9 Å². The molecule has 0 saturated heterocycles. The van der Waals surface area contributed by atoms with E-state index in [9.17, 15) is 9.18 Å². The van der Waals surface area contributed by atoms with Crippen molar-refractivity contribution in [3.05, 3.63) is 64.1 Å². The van der Waals surface area contributed by atoms with Crippen LogP contribution in [0.2, 0.25) is 0 Å². The maximum absolute atomic E-state index is 13.5. The van der Waals surface area contributed by atoms with Crippen LogP contribution in [0.4, 0.5) is 4.39 Å². The Morgan fingerprint density at radius 2 is 2.16 bits per heavy atom. The van der Waals surface area contributed by atoms with E-state index in [1.807, 2.05) is 0 Å². The van der Waals surface area contributed by atoms with Crippen molar-refractivity contribution >= 4 is 32.7 Å². The Bertz CT molecular complexity index is 782. The van der Waals surface area contributed by atoms with E-state index < -0.39 is 5.82 Å². The van der Waals surface area contributed by atoms with Gasteiger partial charge in [0, 0.05) is 28.9 Å². The van der Waals surface area contributed by atoms with Crippen LogP contribution in [0.25, 0.3) is 11.0 Å². The second-order valence-corrected chi connectivity index (χ2v) is 4.91. The van der Waals surface area contributed by atoms with Crippen LogP contribution < -0.4 is 0 Å². The molecule has 1 aromatic carbocycles. The van der Waals surface area contributed by atoms with E-state index in [4.69, 9.17) is 0 Å². The summed E-state index contributed by atoms with van der Waals surface area (Å²) in [6.45, 7) is 0. The summed E-state index contributed by atoms with van der Waals surface area (Å²) in [5.41, 5.74) is 1.44. The molecule has 1 N–H and O–H groups in total. The molecule has 19 heavy (non-hydrogen) atoms. The Morgan fingerprint density at radius 1 is 1.32 bits per heavy atom. The molecule has 0 saturated carbocycles. The first kappa shape index (κ1) is 12.0. The summed E-state index contributed by atoms with van der Waals surface area (Å²) in [6, 6.07) is 7.90. The first-order chi connectivity index (χ1) is 9.16. The standard InChI is InChI=1S/C14H8BrFN2O/c15-11-4-3-8(6-12(11)16)13(19)10-7-18-14-9(10)2-1-5-17-14/h1-7H,(H,17,18). The molecule has 0 aliphatic heterocycles. The van der Waals surface area contributed by atoms with Crippen LogP contribution in [0.3, 0.4) is 0 Å². The first-order valence-electron chi connectivity index (χ1n) is 5.58. The van der Waals surface area contributed by atoms with Crippen molar-refractivity contribution in [2.45, 2.75) is 0 Å². The van der Waals surface area contributed by atoms with Gasteiger partial charge in [-0.25, -0.2) is 9.37 Å². The Kier molecular flexibility index (Phi) is 2.91. The number of hydrogen-bond donors (Lipinski definition) is 1. The molecule has 0 atom stereocenters. The number of carbonyl (C=O) groups is 1. The van der Waals surface area contributed by atoms with Crippen molar-refractivity contribution in [2.24, 2.45) is 0 Å². The summed E-state index contributed by atoms with van der Waals surface area (Å²) in [6.07, 6.45) is 3.24. The number of nitrogens with zero attached hydrogens (tertiary/aromatic N) is 1. The lowest BCUT2D eigenvalue weighted by molar-refractivity contribution is 0.104. The van der Waals surface area contributed by atoms with Gasteiger partial charge in [-0.1, -0.05) is 0 Å². The van der Waals surface area contributed by atoms with Crippen LogP contribution in [0, 0.1) is 5.82 Å². The quantitative estimate of drug-likeness (QED) is 0.732. The molecule has 0 amide bonds. The largest absolute Gasteiger partial charge is 0.345 e. The second kappa shape index (κ2) is 4.59. The first-order valence-corrected chi connectivity index (χ1v) is 6.38. The highest BCUT2D eigenvalue weighted by Gasteiger charge is 2.15. The van der Waals surface area contributed by atoms with Gasteiger partial charge < -0.3 is 4.98 Å². The molecule has 3 rings (SSSR count). The normalized spacial score (nSPS) is 10.8. The van der Waals surface area contributed by atoms with E-state index in [0.717, 1.165) is 5.39 Å². The second-order valence-electron chi connectivity index (χ2n) is 4.06. The molecule has 2 heterocycles. The monoisotopic (exact) mass is 318 g/mol. The molecule has 5 heteroatoms. The molecular weight excluding hydrogens is 311 g/mol. The maximum atomic E-state index is 13.5. The molecule has 94 valence electrons. The van der Waals surface area contributed by atoms with Gasteiger partial charge in [-0.3, -0.25) is 4.79 Å². The minimum atomic E-state index is -0.455. The summed E-state index contributed by atoms with van der Waals surface area (Å²) >= 11 is 3.06. The Labute approximate surface area is 116 Å². The molecule has 0 radical (unpaired) electrons. The van der Waals surface area contributed by atoms with Crippen LogP contribution in [-0.4, -0.2) is 15.8 Å². The SMILES string of the molecule is O=C(c1ccc(Br)c(F)c1)c1c[nH]c2ncccc12. The number of carbonyl (C=O) groups excluding carboxylic acids is 1. The number of H-pyrrole nitrogens is 1. The molecule has 3 aromatic rings. The van der Waals surface area contributed by atoms with Crippen molar-refractivity contribution < 1.29 is 9.18 Å². The van der Waals surface area contributed by atoms with Crippen LogP contribution in [-0.2, 0) is 0 Å². The van der Waals surface area contributed by atoms with E-state index in [1.54, 1.807) is 30.6 Å². The minimum absolute atomic E-state index is 0.231. The van der Waals surface area contributed by atoms with Crippen LogP contribution >= 0.6 is 15.9 Å². The highest BCUT2D eigenvalue weighted by Crippen LogP contribution is 2.22. The number of aromatic amines is 1. The van der Waals surface area contributed by atoms with Gasteiger partial charge in [0.25, 0.3) is 0 Å². The molecule has 0 fully saturated rings. The minimum Gasteiger partial charge on any atom is -0.345 e. The van der Waals surface area contributed by atoms with Gasteiger partial charge in [-0.2, -0.15) is 0 Å². The van der Waals surface area contributed by atoms with Crippen molar-refractivity contribution in [2.75, 3.05) is 0 Å². The Morgan fingerprint density at radius 3 is 2.95 bits per heavy atom. The molecule has 3 nitrogen and oxygen atoms in total. The number of ketones is 1. The number of hydrogen-bond acceptors (Lipinski definition) is 2. The Balaban J connectivity index is 2.11. The zero-order valence-electron chi connectivity index (χ0n) is 9.65. The molecule has 0 unspecified atom stereocenters. The average Bonchev–Trinajstić information content (AvgIpc) is 2.85. The summed E-state index contributed by atoms with van der Waals surface area (Å²) in [4.78, 5) is 19.4. The van der Waals surface area contributed by atoms with E-state index >= 15 is 0 Å². The third-order valence-electron chi connectivity index (χ3n) is 2.88. The van der Waals surface area contributed by atoms with E-state index in [1.165, 1.54) is 12.1 Å². The van der Waals surface area contributed by atoms with Crippen molar-refractivity contribution in [1.82, 2.24) is 9.97 Å². The summed E-state index contributed by atoms with van der Waals surface area (Å²) in [5.74, 6) is -0.686. The molecule has 0 bridgehead atoms. The predicted molar refractivity (Wildman–Crippen MR) is 73.6 cm³/mol. The lowest BCUT2D eigenvalue weighted by Gasteiger charge is -2.01. The van der Waals surface area contributed by atoms with Gasteiger partial charge in [0.2, 0.25) is 0 Å². The van der Waals surface area contributed by atoms with Crippen molar-refractivity contribution in [1.29, 1.82) is 0 Å². The van der Waals surface area contributed by atoms with Crippen LogP contribution in [0.1, 0.15) is 15.9 Å². The van der Waals surface area contributed by atoms with Gasteiger partial charge >= 0.3 is 0 Å². The van der Waals surface area contributed by atoms with Crippen molar-refractivity contribution in [3.8, 4) is 0 Å². The molecule has 0 aliphatic carbocycles. The van der Waals surface area contributed by atoms with E-state index in [-0.39, 0.29) is 5.78 Å². The third kappa shape index (κ3) is 2.06. The Hall–Kier alpha value is -2.01. The number of pyridine rings is 1. The maximum Gasteiger partial charge on any atom is 0.195 e. The molecule has 2 aromatic heterocycles. The number of rotatable bonds is 2. The van der Waals surface area contributed by atoms with Gasteiger partial charge in [-0.15, -0.1) is 0 Å². The van der Waals surface area contributed by atoms with Crippen LogP contribution in [0.15, 0.2) is 47.2 Å². The highest BCUT2D eigenvalue weighted by atomic mass is 79.9. The fourth-order valence-corrected chi connectivity index (χ4v) is 2.18. The molecule has 0 spiro atoms. The average molecular weight is 319 g/mol. The summed E-state index contributed by atoms with van der Waals surface area (Å²) in [5, 5.41) is 0.732. The van der Waals surface area contributed by atoms with E-state index in [0.29, 0.717) is 21.2 Å². The number of nitrogens with one attached hydrogen (secondary N) is 1. The zero-order chi connectivity index (χ0) is 13.4. The highest BCUT2D eigenvalue weighted by molar-refractivity contribution is 9.10. The fraction of sp³-hybridized carbons (Fsp3) is 0.